The average molecular weight is 652 g/mol. The third-order valence-corrected chi connectivity index (χ3v) is 8.31. The van der Waals surface area contributed by atoms with Crippen molar-refractivity contribution in [1.29, 1.82) is 0 Å². The van der Waals surface area contributed by atoms with Crippen LogP contribution in [0.2, 0.25) is 0 Å². The Morgan fingerprint density at radius 2 is 1.00 bits per heavy atom. The number of carbonyl (C=O) groups is 3. The van der Waals surface area contributed by atoms with Crippen LogP contribution in [0.3, 0.4) is 0 Å². The molecule has 0 heterocycles. The Morgan fingerprint density at radius 3 is 1.48 bits per heavy atom. The quantitative estimate of drug-likeness (QED) is 0.0371. The van der Waals surface area contributed by atoms with Crippen molar-refractivity contribution < 1.29 is 47.5 Å². The van der Waals surface area contributed by atoms with Crippen molar-refractivity contribution in [3.8, 4) is 0 Å². The Labute approximate surface area is 265 Å². The first-order valence-corrected chi connectivity index (χ1v) is 18.6. The van der Waals surface area contributed by atoms with Crippen LogP contribution in [-0.4, -0.2) is 59.9 Å². The fourth-order valence-electron chi connectivity index (χ4n) is 4.59. The number of phosphoric ester groups is 1. The molecular formula is C32H62NO10P. The second kappa shape index (κ2) is 28.9. The van der Waals surface area contributed by atoms with Gasteiger partial charge in [-0.3, -0.25) is 23.4 Å². The maximum Gasteiger partial charge on any atom is 0.472 e. The first-order valence-electron chi connectivity index (χ1n) is 17.1. The molecule has 0 bridgehead atoms. The summed E-state index contributed by atoms with van der Waals surface area (Å²) in [5, 5.41) is 8.79. The van der Waals surface area contributed by atoms with Crippen molar-refractivity contribution in [3.63, 3.8) is 0 Å². The number of unbranched alkanes of at least 4 members (excludes halogenated alkanes) is 18. The van der Waals surface area contributed by atoms with Gasteiger partial charge in [-0.1, -0.05) is 129 Å². The maximum atomic E-state index is 12.4. The monoisotopic (exact) mass is 651 g/mol. The third-order valence-electron chi connectivity index (χ3n) is 7.36. The van der Waals surface area contributed by atoms with E-state index in [1.165, 1.54) is 83.5 Å². The highest BCUT2D eigenvalue weighted by Crippen LogP contribution is 2.43. The SMILES string of the molecule is CCCCCCCCCCCCCCCCCCCC(=O)OC(COC(=O)CCCCC)COP(=O)(O)OCC(N)C(=O)O. The third kappa shape index (κ3) is 28.0. The largest absolute Gasteiger partial charge is 0.480 e. The number of phosphoric acid groups is 1. The summed E-state index contributed by atoms with van der Waals surface area (Å²) in [6.45, 7) is 2.59. The van der Waals surface area contributed by atoms with E-state index >= 15 is 0 Å². The molecule has 11 nitrogen and oxygen atoms in total. The van der Waals surface area contributed by atoms with Crippen LogP contribution in [0.25, 0.3) is 0 Å². The highest BCUT2D eigenvalue weighted by Gasteiger charge is 2.28. The van der Waals surface area contributed by atoms with Gasteiger partial charge in [-0.15, -0.1) is 0 Å². The van der Waals surface area contributed by atoms with Gasteiger partial charge in [-0.2, -0.15) is 0 Å². The fraction of sp³-hybridized carbons (Fsp3) is 0.906. The summed E-state index contributed by atoms with van der Waals surface area (Å²) in [6.07, 6.45) is 22.8. The van der Waals surface area contributed by atoms with E-state index in [0.29, 0.717) is 12.8 Å². The number of carboxylic acid groups (broad SMARTS) is 1. The van der Waals surface area contributed by atoms with Crippen molar-refractivity contribution >= 4 is 25.7 Å². The Balaban J connectivity index is 4.19. The molecule has 0 rings (SSSR count). The van der Waals surface area contributed by atoms with Crippen molar-refractivity contribution in [2.24, 2.45) is 5.73 Å². The van der Waals surface area contributed by atoms with Gasteiger partial charge >= 0.3 is 25.7 Å². The molecule has 0 radical (unpaired) electrons. The Kier molecular flexibility index (Phi) is 27.9. The van der Waals surface area contributed by atoms with E-state index in [-0.39, 0.29) is 19.4 Å². The summed E-state index contributed by atoms with van der Waals surface area (Å²) in [5.74, 6) is -2.40. The second-order valence-electron chi connectivity index (χ2n) is 11.7. The molecule has 4 N–H and O–H groups in total. The Bertz CT molecular complexity index is 782. The minimum Gasteiger partial charge on any atom is -0.480 e. The molecule has 0 aliphatic rings. The lowest BCUT2D eigenvalue weighted by Crippen LogP contribution is -2.34. The number of rotatable bonds is 32. The van der Waals surface area contributed by atoms with E-state index in [0.717, 1.165) is 32.1 Å². The molecule has 3 unspecified atom stereocenters. The number of esters is 2. The number of hydrogen-bond acceptors (Lipinski definition) is 9. The zero-order chi connectivity index (χ0) is 32.9. The van der Waals surface area contributed by atoms with Crippen LogP contribution >= 0.6 is 7.82 Å². The first kappa shape index (κ1) is 42.5. The van der Waals surface area contributed by atoms with E-state index in [1.807, 2.05) is 6.92 Å². The molecule has 0 spiro atoms. The lowest BCUT2D eigenvalue weighted by Gasteiger charge is -2.20. The van der Waals surface area contributed by atoms with Gasteiger partial charge in [-0.25, -0.2) is 4.57 Å². The van der Waals surface area contributed by atoms with Crippen LogP contribution < -0.4 is 5.73 Å². The smallest absolute Gasteiger partial charge is 0.472 e. The molecule has 0 aromatic carbocycles. The number of aliphatic carboxylic acids is 1. The minimum atomic E-state index is -4.68. The number of hydrogen-bond donors (Lipinski definition) is 3. The Morgan fingerprint density at radius 1 is 0.614 bits per heavy atom. The van der Waals surface area contributed by atoms with Gasteiger partial charge in [0.25, 0.3) is 0 Å². The van der Waals surface area contributed by atoms with Gasteiger partial charge in [-0.05, 0) is 12.8 Å². The fourth-order valence-corrected chi connectivity index (χ4v) is 5.37. The molecule has 0 saturated carbocycles. The zero-order valence-electron chi connectivity index (χ0n) is 27.5. The van der Waals surface area contributed by atoms with Crippen molar-refractivity contribution in [2.75, 3.05) is 19.8 Å². The molecule has 0 aliphatic carbocycles. The lowest BCUT2D eigenvalue weighted by molar-refractivity contribution is -0.161. The van der Waals surface area contributed by atoms with Gasteiger partial charge < -0.3 is 25.2 Å². The number of nitrogens with two attached hydrogens (primary N) is 1. The van der Waals surface area contributed by atoms with Gasteiger partial charge in [0.15, 0.2) is 6.10 Å². The summed E-state index contributed by atoms with van der Waals surface area (Å²) < 4.78 is 32.1. The second-order valence-corrected chi connectivity index (χ2v) is 13.1. The summed E-state index contributed by atoms with van der Waals surface area (Å²) >= 11 is 0. The topological polar surface area (TPSA) is 172 Å². The van der Waals surface area contributed by atoms with Crippen LogP contribution in [0.4, 0.5) is 0 Å². The molecule has 260 valence electrons. The zero-order valence-corrected chi connectivity index (χ0v) is 28.4. The Hall–Kier alpha value is -1.52. The molecule has 0 aliphatic heterocycles. The van der Waals surface area contributed by atoms with Crippen molar-refractivity contribution in [1.82, 2.24) is 0 Å². The molecule has 0 saturated heterocycles. The first-order chi connectivity index (χ1) is 21.1. The van der Waals surface area contributed by atoms with Crippen LogP contribution in [0.5, 0.6) is 0 Å². The summed E-state index contributed by atoms with van der Waals surface area (Å²) in [6, 6.07) is -1.51. The van der Waals surface area contributed by atoms with Crippen molar-refractivity contribution in [2.45, 2.75) is 167 Å². The number of carbonyl (C=O) groups excluding carboxylic acids is 2. The molecule has 12 heteroatoms. The summed E-state index contributed by atoms with van der Waals surface area (Å²) in [5.41, 5.74) is 5.27. The van der Waals surface area contributed by atoms with E-state index in [2.05, 4.69) is 11.4 Å². The van der Waals surface area contributed by atoms with E-state index in [4.69, 9.17) is 24.8 Å². The van der Waals surface area contributed by atoms with Crippen LogP contribution in [-0.2, 0) is 37.5 Å². The molecular weight excluding hydrogens is 589 g/mol. The minimum absolute atomic E-state index is 0.167. The molecule has 44 heavy (non-hydrogen) atoms. The van der Waals surface area contributed by atoms with Gasteiger partial charge in [0, 0.05) is 12.8 Å². The number of ether oxygens (including phenoxy) is 2. The van der Waals surface area contributed by atoms with Crippen LogP contribution in [0.15, 0.2) is 0 Å². The molecule has 0 fully saturated rings. The van der Waals surface area contributed by atoms with E-state index in [9.17, 15) is 23.8 Å². The predicted octanol–water partition coefficient (Wildman–Crippen LogP) is 7.61. The summed E-state index contributed by atoms with van der Waals surface area (Å²) in [4.78, 5) is 45.0. The van der Waals surface area contributed by atoms with E-state index in [1.54, 1.807) is 0 Å². The standard InChI is InChI=1S/C32H62NO10P/c1-3-5-7-8-9-10-11-12-13-14-15-16-17-18-19-20-22-24-31(35)43-28(25-40-30(34)23-21-6-4-2)26-41-44(38,39)42-27-29(33)32(36)37/h28-29H,3-27,33H2,1-2H3,(H,36,37)(H,38,39). The maximum absolute atomic E-state index is 12.4. The van der Waals surface area contributed by atoms with Gasteiger partial charge in [0.05, 0.1) is 13.2 Å². The van der Waals surface area contributed by atoms with Crippen LogP contribution in [0, 0.1) is 0 Å². The highest BCUT2D eigenvalue weighted by molar-refractivity contribution is 7.47. The van der Waals surface area contributed by atoms with Gasteiger partial charge in [0.2, 0.25) is 0 Å². The predicted molar refractivity (Wildman–Crippen MR) is 171 cm³/mol. The summed E-state index contributed by atoms with van der Waals surface area (Å²) in [7, 11) is -4.68. The molecule has 3 atom stereocenters. The molecule has 0 aromatic heterocycles. The molecule has 0 aromatic rings. The average Bonchev–Trinajstić information content (AvgIpc) is 2.99. The van der Waals surface area contributed by atoms with Crippen LogP contribution in [0.1, 0.15) is 155 Å². The molecule has 0 amide bonds. The highest BCUT2D eigenvalue weighted by atomic mass is 31.2. The van der Waals surface area contributed by atoms with Crippen molar-refractivity contribution in [3.05, 3.63) is 0 Å². The lowest BCUT2D eigenvalue weighted by atomic mass is 10.0. The van der Waals surface area contributed by atoms with Gasteiger partial charge in [0.1, 0.15) is 12.6 Å². The van der Waals surface area contributed by atoms with E-state index < -0.39 is 51.1 Å². The number of carboxylic acids is 1. The normalized spacial score (nSPS) is 14.1.